The third kappa shape index (κ3) is 4.56. The molecular formula is C19H28N6OS. The second-order valence-corrected chi connectivity index (χ2v) is 7.51. The SMILES string of the molecule is Cc1cc(/C=N\NC(=S)NC[C@@H]2CCCO2)c(C)n1-c1ccnn1C(C)C. The fourth-order valence-electron chi connectivity index (χ4n) is 3.36. The molecular weight excluding hydrogens is 360 g/mol. The van der Waals surface area contributed by atoms with Crippen molar-refractivity contribution in [1.29, 1.82) is 0 Å². The standard InChI is InChI=1S/C19H28N6OS/c1-13(2)25-18(7-8-22-25)24-14(3)10-16(15(24)4)11-21-23-19(27)20-12-17-6-5-9-26-17/h7-8,10-11,13,17H,5-6,9,12H2,1-4H3,(H2,20,23,27)/b21-11-/t17-/m0/s1. The van der Waals surface area contributed by atoms with Gasteiger partial charge in [-0.15, -0.1) is 0 Å². The van der Waals surface area contributed by atoms with E-state index in [1.807, 2.05) is 16.9 Å². The van der Waals surface area contributed by atoms with E-state index in [1.165, 1.54) is 0 Å². The minimum absolute atomic E-state index is 0.249. The van der Waals surface area contributed by atoms with Crippen molar-refractivity contribution < 1.29 is 4.74 Å². The first-order valence-corrected chi connectivity index (χ1v) is 9.79. The molecule has 2 aromatic heterocycles. The largest absolute Gasteiger partial charge is 0.376 e. The maximum atomic E-state index is 5.57. The highest BCUT2D eigenvalue weighted by atomic mass is 32.1. The minimum Gasteiger partial charge on any atom is -0.376 e. The summed E-state index contributed by atoms with van der Waals surface area (Å²) in [6, 6.07) is 4.44. The molecule has 0 aliphatic carbocycles. The van der Waals surface area contributed by atoms with Gasteiger partial charge in [0.2, 0.25) is 0 Å². The second-order valence-electron chi connectivity index (χ2n) is 7.10. The van der Waals surface area contributed by atoms with Crippen LogP contribution in [0.25, 0.3) is 5.82 Å². The van der Waals surface area contributed by atoms with Crippen LogP contribution in [0.1, 0.15) is 49.7 Å². The third-order valence-electron chi connectivity index (χ3n) is 4.72. The highest BCUT2D eigenvalue weighted by Crippen LogP contribution is 2.21. The van der Waals surface area contributed by atoms with E-state index in [2.05, 4.69) is 59.3 Å². The predicted molar refractivity (Wildman–Crippen MR) is 112 cm³/mol. The Morgan fingerprint density at radius 2 is 2.30 bits per heavy atom. The summed E-state index contributed by atoms with van der Waals surface area (Å²) in [4.78, 5) is 0. The Morgan fingerprint density at radius 1 is 1.48 bits per heavy atom. The predicted octanol–water partition coefficient (Wildman–Crippen LogP) is 2.85. The van der Waals surface area contributed by atoms with Gasteiger partial charge < -0.3 is 14.6 Å². The van der Waals surface area contributed by atoms with Crippen LogP contribution in [0.4, 0.5) is 0 Å². The topological polar surface area (TPSA) is 68.4 Å². The quantitative estimate of drug-likeness (QED) is 0.452. The number of rotatable bonds is 6. The molecule has 1 saturated heterocycles. The molecule has 1 aliphatic rings. The van der Waals surface area contributed by atoms with Crippen LogP contribution in [-0.2, 0) is 4.74 Å². The van der Waals surface area contributed by atoms with Crippen molar-refractivity contribution in [2.24, 2.45) is 5.10 Å². The summed E-state index contributed by atoms with van der Waals surface area (Å²) in [5.74, 6) is 1.06. The van der Waals surface area contributed by atoms with Gasteiger partial charge in [-0.1, -0.05) is 0 Å². The van der Waals surface area contributed by atoms with E-state index in [0.29, 0.717) is 11.2 Å². The van der Waals surface area contributed by atoms with E-state index in [9.17, 15) is 0 Å². The van der Waals surface area contributed by atoms with E-state index in [4.69, 9.17) is 17.0 Å². The lowest BCUT2D eigenvalue weighted by Crippen LogP contribution is -2.37. The van der Waals surface area contributed by atoms with Crippen LogP contribution >= 0.6 is 12.2 Å². The number of ether oxygens (including phenoxy) is 1. The first-order chi connectivity index (χ1) is 13.0. The van der Waals surface area contributed by atoms with Gasteiger partial charge >= 0.3 is 0 Å². The van der Waals surface area contributed by atoms with Crippen LogP contribution in [0.2, 0.25) is 0 Å². The van der Waals surface area contributed by atoms with Crippen LogP contribution in [0.5, 0.6) is 0 Å². The molecule has 0 bridgehead atoms. The monoisotopic (exact) mass is 388 g/mol. The lowest BCUT2D eigenvalue weighted by atomic mass is 10.2. The van der Waals surface area contributed by atoms with Crippen molar-refractivity contribution in [3.05, 3.63) is 35.3 Å². The average molecular weight is 389 g/mol. The summed E-state index contributed by atoms with van der Waals surface area (Å²) in [6.07, 6.45) is 6.09. The Kier molecular flexibility index (Phi) is 6.28. The molecule has 2 N–H and O–H groups in total. The minimum atomic E-state index is 0.249. The van der Waals surface area contributed by atoms with E-state index in [0.717, 1.165) is 48.8 Å². The van der Waals surface area contributed by atoms with Crippen molar-refractivity contribution in [1.82, 2.24) is 25.1 Å². The molecule has 0 aromatic carbocycles. The van der Waals surface area contributed by atoms with E-state index < -0.39 is 0 Å². The number of nitrogens with one attached hydrogen (secondary N) is 2. The van der Waals surface area contributed by atoms with Crippen LogP contribution in [-0.4, -0.2) is 44.9 Å². The summed E-state index contributed by atoms with van der Waals surface area (Å²) >= 11 is 5.27. The Labute approximate surface area is 165 Å². The van der Waals surface area contributed by atoms with E-state index in [-0.39, 0.29) is 6.10 Å². The fourth-order valence-corrected chi connectivity index (χ4v) is 3.50. The zero-order chi connectivity index (χ0) is 19.4. The van der Waals surface area contributed by atoms with Gasteiger partial charge in [0, 0.05) is 42.2 Å². The van der Waals surface area contributed by atoms with Crippen LogP contribution in [0, 0.1) is 13.8 Å². The van der Waals surface area contributed by atoms with Crippen molar-refractivity contribution in [3.63, 3.8) is 0 Å². The molecule has 7 nitrogen and oxygen atoms in total. The van der Waals surface area contributed by atoms with Gasteiger partial charge in [0.25, 0.3) is 0 Å². The lowest BCUT2D eigenvalue weighted by molar-refractivity contribution is 0.114. The van der Waals surface area contributed by atoms with Crippen molar-refractivity contribution in [2.75, 3.05) is 13.2 Å². The highest BCUT2D eigenvalue weighted by Gasteiger charge is 2.16. The number of aryl methyl sites for hydroxylation is 1. The van der Waals surface area contributed by atoms with Crippen LogP contribution < -0.4 is 10.7 Å². The molecule has 146 valence electrons. The number of thiocarbonyl (C=S) groups is 1. The van der Waals surface area contributed by atoms with Crippen molar-refractivity contribution in [3.8, 4) is 5.82 Å². The maximum Gasteiger partial charge on any atom is 0.187 e. The number of nitrogens with zero attached hydrogens (tertiary/aromatic N) is 4. The van der Waals surface area contributed by atoms with Gasteiger partial charge in [0.15, 0.2) is 5.11 Å². The molecule has 8 heteroatoms. The van der Waals surface area contributed by atoms with Gasteiger partial charge in [-0.25, -0.2) is 4.68 Å². The van der Waals surface area contributed by atoms with Crippen molar-refractivity contribution in [2.45, 2.75) is 52.7 Å². The van der Waals surface area contributed by atoms with Gasteiger partial charge in [-0.05, 0) is 58.8 Å². The summed E-state index contributed by atoms with van der Waals surface area (Å²) in [7, 11) is 0. The number of hydrazone groups is 1. The summed E-state index contributed by atoms with van der Waals surface area (Å²) in [5.41, 5.74) is 6.17. The molecule has 1 atom stereocenters. The van der Waals surface area contributed by atoms with Gasteiger partial charge in [-0.3, -0.25) is 5.43 Å². The zero-order valence-electron chi connectivity index (χ0n) is 16.4. The highest BCUT2D eigenvalue weighted by molar-refractivity contribution is 7.80. The Balaban J connectivity index is 1.64. The molecule has 3 rings (SSSR count). The smallest absolute Gasteiger partial charge is 0.187 e. The van der Waals surface area contributed by atoms with Gasteiger partial charge in [-0.2, -0.15) is 10.2 Å². The fraction of sp³-hybridized carbons (Fsp3) is 0.526. The molecule has 1 aliphatic heterocycles. The first-order valence-electron chi connectivity index (χ1n) is 9.38. The maximum absolute atomic E-state index is 5.57. The van der Waals surface area contributed by atoms with Crippen LogP contribution in [0.15, 0.2) is 23.4 Å². The number of aromatic nitrogens is 3. The first kappa shape index (κ1) is 19.6. The number of hydrogen-bond acceptors (Lipinski definition) is 4. The molecule has 0 amide bonds. The summed E-state index contributed by atoms with van der Waals surface area (Å²) < 4.78 is 9.79. The Morgan fingerprint density at radius 3 is 3.00 bits per heavy atom. The molecule has 1 fully saturated rings. The van der Waals surface area contributed by atoms with E-state index in [1.54, 1.807) is 6.21 Å². The molecule has 0 spiro atoms. The molecule has 27 heavy (non-hydrogen) atoms. The number of hydrogen-bond donors (Lipinski definition) is 2. The van der Waals surface area contributed by atoms with Crippen LogP contribution in [0.3, 0.4) is 0 Å². The average Bonchev–Trinajstić information content (AvgIpc) is 3.34. The Bertz CT molecular complexity index is 816. The molecule has 0 radical (unpaired) electrons. The zero-order valence-corrected chi connectivity index (χ0v) is 17.2. The second kappa shape index (κ2) is 8.67. The van der Waals surface area contributed by atoms with Gasteiger partial charge in [0.05, 0.1) is 18.5 Å². The molecule has 0 saturated carbocycles. The third-order valence-corrected chi connectivity index (χ3v) is 4.96. The van der Waals surface area contributed by atoms with Gasteiger partial charge in [0.1, 0.15) is 5.82 Å². The van der Waals surface area contributed by atoms with E-state index >= 15 is 0 Å². The lowest BCUT2D eigenvalue weighted by Gasteiger charge is -2.15. The molecule has 2 aromatic rings. The summed E-state index contributed by atoms with van der Waals surface area (Å²) in [5, 5.41) is 12.4. The summed E-state index contributed by atoms with van der Waals surface area (Å²) in [6.45, 7) is 9.98. The Hall–Kier alpha value is -2.19. The molecule has 0 unspecified atom stereocenters. The normalized spacial score (nSPS) is 17.1. The molecule has 3 heterocycles. The van der Waals surface area contributed by atoms with Crippen molar-refractivity contribution >= 4 is 23.5 Å².